The molecule has 0 bridgehead atoms. The van der Waals surface area contributed by atoms with Gasteiger partial charge in [-0.05, 0) is 38.1 Å². The normalized spacial score (nSPS) is 16.1. The van der Waals surface area contributed by atoms with Crippen LogP contribution in [0.15, 0.2) is 42.5 Å². The number of rotatable bonds is 2. The van der Waals surface area contributed by atoms with Crippen LogP contribution in [0.5, 0.6) is 5.75 Å². The Bertz CT molecular complexity index is 743. The average Bonchev–Trinajstić information content (AvgIpc) is 2.46. The third-order valence-electron chi connectivity index (χ3n) is 3.69. The second-order valence-corrected chi connectivity index (χ2v) is 5.82. The molecule has 0 saturated carbocycles. The molecule has 0 radical (unpaired) electrons. The summed E-state index contributed by atoms with van der Waals surface area (Å²) in [6.45, 7) is 3.53. The van der Waals surface area contributed by atoms with Crippen molar-refractivity contribution in [2.75, 3.05) is 10.6 Å². The highest BCUT2D eigenvalue weighted by atomic mass is 19.1. The number of amides is 1. The fraction of sp³-hybridized carbons (Fsp3) is 0.235. The number of nitrogen functional groups attached to an aromatic ring is 1. The van der Waals surface area contributed by atoms with Crippen molar-refractivity contribution in [3.05, 3.63) is 53.8 Å². The molecule has 3 rings (SSSR count). The summed E-state index contributed by atoms with van der Waals surface area (Å²) in [6, 6.07) is 11.5. The van der Waals surface area contributed by atoms with E-state index in [1.54, 1.807) is 50.2 Å². The van der Waals surface area contributed by atoms with E-state index in [1.807, 2.05) is 0 Å². The lowest BCUT2D eigenvalue weighted by Gasteiger charge is -2.39. The molecule has 1 aliphatic rings. The summed E-state index contributed by atoms with van der Waals surface area (Å²) < 4.78 is 19.7. The van der Waals surface area contributed by atoms with Crippen LogP contribution < -0.4 is 15.4 Å². The van der Waals surface area contributed by atoms with Crippen molar-refractivity contribution in [1.82, 2.24) is 0 Å². The molecule has 0 spiro atoms. The van der Waals surface area contributed by atoms with Crippen molar-refractivity contribution in [3.8, 4) is 5.75 Å². The van der Waals surface area contributed by atoms with Crippen molar-refractivity contribution in [1.29, 1.82) is 0 Å². The Balaban J connectivity index is 2.07. The van der Waals surface area contributed by atoms with Crippen LogP contribution in [0.4, 0.5) is 15.8 Å². The average molecular weight is 300 g/mol. The number of benzene rings is 2. The first kappa shape index (κ1) is 14.4. The van der Waals surface area contributed by atoms with E-state index in [4.69, 9.17) is 10.5 Å². The zero-order valence-corrected chi connectivity index (χ0v) is 12.5. The first-order valence-corrected chi connectivity index (χ1v) is 7.02. The third kappa shape index (κ3) is 2.39. The number of anilines is 2. The molecule has 0 unspecified atom stereocenters. The molecule has 22 heavy (non-hydrogen) atoms. The van der Waals surface area contributed by atoms with Crippen molar-refractivity contribution < 1.29 is 13.9 Å². The second-order valence-electron chi connectivity index (χ2n) is 5.82. The number of halogens is 1. The standard InChI is InChI=1S/C17H17FN2O2/c1-17(2)16(21)20(10-11-5-3-4-6-13(11)18)14-9-12(19)7-8-15(14)22-17/h3-9H,10,19H2,1-2H3. The topological polar surface area (TPSA) is 55.6 Å². The van der Waals surface area contributed by atoms with Gasteiger partial charge in [0.05, 0.1) is 12.2 Å². The molecular weight excluding hydrogens is 283 g/mol. The summed E-state index contributed by atoms with van der Waals surface area (Å²) in [7, 11) is 0. The minimum absolute atomic E-state index is 0.134. The quantitative estimate of drug-likeness (QED) is 0.867. The van der Waals surface area contributed by atoms with Crippen molar-refractivity contribution in [2.45, 2.75) is 26.0 Å². The minimum atomic E-state index is -1.01. The third-order valence-corrected chi connectivity index (χ3v) is 3.69. The molecule has 0 aliphatic carbocycles. The van der Waals surface area contributed by atoms with Gasteiger partial charge in [0, 0.05) is 11.3 Å². The monoisotopic (exact) mass is 300 g/mol. The van der Waals surface area contributed by atoms with E-state index < -0.39 is 5.60 Å². The highest BCUT2D eigenvalue weighted by molar-refractivity contribution is 6.02. The number of fused-ring (bicyclic) bond motifs is 1. The number of carbonyl (C=O) groups excluding carboxylic acids is 1. The fourth-order valence-electron chi connectivity index (χ4n) is 2.54. The molecule has 2 aromatic rings. The summed E-state index contributed by atoms with van der Waals surface area (Å²) in [5.41, 5.74) is 6.34. The highest BCUT2D eigenvalue weighted by Crippen LogP contribution is 2.39. The van der Waals surface area contributed by atoms with Crippen molar-refractivity contribution >= 4 is 17.3 Å². The van der Waals surface area contributed by atoms with E-state index >= 15 is 0 Å². The van der Waals surface area contributed by atoms with Gasteiger partial charge in [0.2, 0.25) is 0 Å². The fourth-order valence-corrected chi connectivity index (χ4v) is 2.54. The van der Waals surface area contributed by atoms with Crippen LogP contribution in [-0.2, 0) is 11.3 Å². The Hall–Kier alpha value is -2.56. The maximum Gasteiger partial charge on any atom is 0.271 e. The van der Waals surface area contributed by atoms with Gasteiger partial charge in [0.25, 0.3) is 5.91 Å². The van der Waals surface area contributed by atoms with Gasteiger partial charge in [-0.3, -0.25) is 4.79 Å². The highest BCUT2D eigenvalue weighted by Gasteiger charge is 2.41. The summed E-state index contributed by atoms with van der Waals surface area (Å²) in [6.07, 6.45) is 0. The molecular formula is C17H17FN2O2. The summed E-state index contributed by atoms with van der Waals surface area (Å²) in [5, 5.41) is 0. The van der Waals surface area contributed by atoms with Crippen LogP contribution in [0.2, 0.25) is 0 Å². The molecule has 5 heteroatoms. The molecule has 1 amide bonds. The van der Waals surface area contributed by atoms with Crippen molar-refractivity contribution in [3.63, 3.8) is 0 Å². The molecule has 0 aromatic heterocycles. The molecule has 4 nitrogen and oxygen atoms in total. The van der Waals surface area contributed by atoms with Gasteiger partial charge < -0.3 is 15.4 Å². The molecule has 114 valence electrons. The molecule has 2 N–H and O–H groups in total. The Morgan fingerprint density at radius 1 is 1.23 bits per heavy atom. The van der Waals surface area contributed by atoms with Gasteiger partial charge in [0.1, 0.15) is 11.6 Å². The molecule has 0 saturated heterocycles. The van der Waals surface area contributed by atoms with E-state index in [0.717, 1.165) is 0 Å². The number of hydrogen-bond acceptors (Lipinski definition) is 3. The van der Waals surface area contributed by atoms with E-state index in [9.17, 15) is 9.18 Å². The summed E-state index contributed by atoms with van der Waals surface area (Å²) in [4.78, 5) is 14.2. The molecule has 0 fully saturated rings. The van der Waals surface area contributed by atoms with Gasteiger partial charge in [-0.1, -0.05) is 18.2 Å². The smallest absolute Gasteiger partial charge is 0.271 e. The Morgan fingerprint density at radius 3 is 2.68 bits per heavy atom. The van der Waals surface area contributed by atoms with Gasteiger partial charge in [-0.15, -0.1) is 0 Å². The van der Waals surface area contributed by atoms with Crippen LogP contribution in [0.3, 0.4) is 0 Å². The number of nitrogens with two attached hydrogens (primary N) is 1. The largest absolute Gasteiger partial charge is 0.476 e. The zero-order chi connectivity index (χ0) is 15.9. The SMILES string of the molecule is CC1(C)Oc2ccc(N)cc2N(Cc2ccccc2F)C1=O. The van der Waals surface area contributed by atoms with E-state index in [0.29, 0.717) is 22.7 Å². The predicted octanol–water partition coefficient (Wildman–Crippen LogP) is 3.11. The van der Waals surface area contributed by atoms with Gasteiger partial charge >= 0.3 is 0 Å². The first-order valence-electron chi connectivity index (χ1n) is 7.02. The molecule has 0 atom stereocenters. The zero-order valence-electron chi connectivity index (χ0n) is 12.5. The van der Waals surface area contributed by atoms with Crippen LogP contribution in [0.25, 0.3) is 0 Å². The van der Waals surface area contributed by atoms with E-state index in [1.165, 1.54) is 11.0 Å². The van der Waals surface area contributed by atoms with E-state index in [2.05, 4.69) is 0 Å². The van der Waals surface area contributed by atoms with Crippen LogP contribution in [0.1, 0.15) is 19.4 Å². The Kier molecular flexibility index (Phi) is 3.28. The Morgan fingerprint density at radius 2 is 1.95 bits per heavy atom. The van der Waals surface area contributed by atoms with Crippen LogP contribution >= 0.6 is 0 Å². The number of nitrogens with zero attached hydrogens (tertiary/aromatic N) is 1. The van der Waals surface area contributed by atoms with Gasteiger partial charge in [-0.25, -0.2) is 4.39 Å². The number of ether oxygens (including phenoxy) is 1. The molecule has 1 aliphatic heterocycles. The summed E-state index contributed by atoms with van der Waals surface area (Å²) in [5.74, 6) is -0.00552. The molecule has 2 aromatic carbocycles. The summed E-state index contributed by atoms with van der Waals surface area (Å²) >= 11 is 0. The predicted molar refractivity (Wildman–Crippen MR) is 83.2 cm³/mol. The Labute approximate surface area is 128 Å². The number of hydrogen-bond donors (Lipinski definition) is 1. The number of carbonyl (C=O) groups is 1. The molecule has 1 heterocycles. The maximum absolute atomic E-state index is 13.9. The van der Waals surface area contributed by atoms with Crippen LogP contribution in [0, 0.1) is 5.82 Å². The second kappa shape index (κ2) is 5.02. The lowest BCUT2D eigenvalue weighted by Crippen LogP contribution is -2.52. The van der Waals surface area contributed by atoms with Crippen molar-refractivity contribution in [2.24, 2.45) is 0 Å². The first-order chi connectivity index (χ1) is 10.4. The van der Waals surface area contributed by atoms with E-state index in [-0.39, 0.29) is 18.3 Å². The lowest BCUT2D eigenvalue weighted by atomic mass is 10.0. The van der Waals surface area contributed by atoms with Gasteiger partial charge in [-0.2, -0.15) is 0 Å². The van der Waals surface area contributed by atoms with Gasteiger partial charge in [0.15, 0.2) is 5.60 Å². The maximum atomic E-state index is 13.9. The van der Waals surface area contributed by atoms with Crippen LogP contribution in [-0.4, -0.2) is 11.5 Å². The minimum Gasteiger partial charge on any atom is -0.476 e. The lowest BCUT2D eigenvalue weighted by molar-refractivity contribution is -0.132.